The Bertz CT molecular complexity index is 632. The van der Waals surface area contributed by atoms with E-state index in [1.807, 2.05) is 0 Å². The van der Waals surface area contributed by atoms with Gasteiger partial charge >= 0.3 is 0 Å². The number of hydrogen-bond acceptors (Lipinski definition) is 5. The summed E-state index contributed by atoms with van der Waals surface area (Å²) in [6.45, 7) is 1.56. The summed E-state index contributed by atoms with van der Waals surface area (Å²) in [5.41, 5.74) is 6.91. The molecule has 1 aliphatic heterocycles. The molecule has 7 heteroatoms. The van der Waals surface area contributed by atoms with Crippen LogP contribution in [0.5, 0.6) is 0 Å². The van der Waals surface area contributed by atoms with E-state index in [2.05, 4.69) is 4.90 Å². The molecule has 110 valence electrons. The van der Waals surface area contributed by atoms with Crippen molar-refractivity contribution in [1.82, 2.24) is 0 Å². The van der Waals surface area contributed by atoms with E-state index in [4.69, 9.17) is 10.9 Å². The fraction of sp³-hybridized carbons (Fsp3) is 0.538. The average molecular weight is 297 g/mol. The van der Waals surface area contributed by atoms with Crippen LogP contribution in [-0.4, -0.2) is 32.7 Å². The van der Waals surface area contributed by atoms with E-state index in [0.29, 0.717) is 11.6 Å². The van der Waals surface area contributed by atoms with Crippen LogP contribution >= 0.6 is 0 Å². The van der Waals surface area contributed by atoms with Gasteiger partial charge in [0.05, 0.1) is 11.0 Å². The summed E-state index contributed by atoms with van der Waals surface area (Å²) in [7, 11) is -3.76. The Morgan fingerprint density at radius 1 is 1.20 bits per heavy atom. The normalized spacial score (nSPS) is 29.7. The predicted octanol–water partition coefficient (Wildman–Crippen LogP) is 0.123. The molecule has 5 N–H and O–H groups in total. The lowest BCUT2D eigenvalue weighted by atomic mass is 10.00. The number of sulfonamides is 1. The molecule has 1 saturated heterocycles. The number of benzene rings is 1. The van der Waals surface area contributed by atoms with Crippen molar-refractivity contribution in [3.63, 3.8) is 0 Å². The smallest absolute Gasteiger partial charge is 0.238 e. The monoisotopic (exact) mass is 297 g/mol. The number of hydrogen-bond donors (Lipinski definition) is 3. The Hall–Kier alpha value is -1.31. The molecule has 3 atom stereocenters. The molecule has 1 heterocycles. The van der Waals surface area contributed by atoms with Gasteiger partial charge in [0.2, 0.25) is 10.0 Å². The van der Waals surface area contributed by atoms with Crippen molar-refractivity contribution in [2.45, 2.75) is 23.8 Å². The number of nitrogens with zero attached hydrogens (tertiary/aromatic N) is 1. The maximum absolute atomic E-state index is 11.5. The third-order valence-electron chi connectivity index (χ3n) is 4.43. The van der Waals surface area contributed by atoms with Crippen molar-refractivity contribution in [2.24, 2.45) is 17.0 Å². The third kappa shape index (κ3) is 2.36. The molecule has 2 aliphatic rings. The van der Waals surface area contributed by atoms with Crippen LogP contribution in [0, 0.1) is 11.8 Å². The number of aliphatic hydroxyl groups excluding tert-OH is 1. The first-order chi connectivity index (χ1) is 9.34. The molecule has 2 fully saturated rings. The highest BCUT2D eigenvalue weighted by Gasteiger charge is 2.42. The maximum Gasteiger partial charge on any atom is 0.238 e. The van der Waals surface area contributed by atoms with Crippen LogP contribution in [0.25, 0.3) is 0 Å². The summed E-state index contributed by atoms with van der Waals surface area (Å²) in [6, 6.07) is 4.67. The van der Waals surface area contributed by atoms with E-state index >= 15 is 0 Å². The van der Waals surface area contributed by atoms with Crippen molar-refractivity contribution < 1.29 is 13.5 Å². The lowest BCUT2D eigenvalue weighted by molar-refractivity contribution is 0.133. The first kappa shape index (κ1) is 13.7. The fourth-order valence-corrected chi connectivity index (χ4v) is 3.99. The third-order valence-corrected chi connectivity index (χ3v) is 5.32. The van der Waals surface area contributed by atoms with Crippen LogP contribution in [0.3, 0.4) is 0 Å². The number of aliphatic hydroxyl groups is 1. The topological polar surface area (TPSA) is 110 Å². The van der Waals surface area contributed by atoms with Crippen molar-refractivity contribution >= 4 is 21.4 Å². The molecular formula is C13H19N3O3S. The van der Waals surface area contributed by atoms with Crippen molar-refractivity contribution in [3.05, 3.63) is 18.2 Å². The van der Waals surface area contributed by atoms with Crippen molar-refractivity contribution in [2.75, 3.05) is 23.7 Å². The minimum atomic E-state index is -3.76. The van der Waals surface area contributed by atoms with Crippen LogP contribution in [0.1, 0.15) is 12.8 Å². The molecule has 1 aliphatic carbocycles. The van der Waals surface area contributed by atoms with Gasteiger partial charge in [-0.3, -0.25) is 0 Å². The Labute approximate surface area is 118 Å². The van der Waals surface area contributed by atoms with Crippen LogP contribution < -0.4 is 15.8 Å². The van der Waals surface area contributed by atoms with E-state index in [9.17, 15) is 13.5 Å². The van der Waals surface area contributed by atoms with E-state index in [1.165, 1.54) is 6.07 Å². The number of nitrogen functional groups attached to an aromatic ring is 1. The molecule has 3 unspecified atom stereocenters. The lowest BCUT2D eigenvalue weighted by Gasteiger charge is -2.21. The van der Waals surface area contributed by atoms with Crippen LogP contribution in [-0.2, 0) is 10.0 Å². The highest BCUT2D eigenvalue weighted by atomic mass is 32.2. The van der Waals surface area contributed by atoms with Crippen LogP contribution in [0.15, 0.2) is 23.1 Å². The van der Waals surface area contributed by atoms with Crippen molar-refractivity contribution in [1.29, 1.82) is 0 Å². The van der Waals surface area contributed by atoms with E-state index in [0.717, 1.165) is 31.6 Å². The maximum atomic E-state index is 11.5. The quantitative estimate of drug-likeness (QED) is 0.672. The predicted molar refractivity (Wildman–Crippen MR) is 76.7 cm³/mol. The number of anilines is 2. The van der Waals surface area contributed by atoms with Gasteiger partial charge in [0.1, 0.15) is 0 Å². The first-order valence-electron chi connectivity index (χ1n) is 6.71. The van der Waals surface area contributed by atoms with Gasteiger partial charge in [0, 0.05) is 30.4 Å². The summed E-state index contributed by atoms with van der Waals surface area (Å²) in [6.07, 6.45) is 1.64. The molecule has 3 rings (SSSR count). The molecule has 20 heavy (non-hydrogen) atoms. The number of fused-ring (bicyclic) bond motifs is 1. The minimum Gasteiger partial charge on any atom is -0.399 e. The zero-order chi connectivity index (χ0) is 14.5. The summed E-state index contributed by atoms with van der Waals surface area (Å²) in [5.74, 6) is 0.749. The van der Waals surface area contributed by atoms with E-state index in [-0.39, 0.29) is 16.9 Å². The molecule has 0 radical (unpaired) electrons. The van der Waals surface area contributed by atoms with Gasteiger partial charge in [-0.05, 0) is 37.0 Å². The Kier molecular flexibility index (Phi) is 3.15. The lowest BCUT2D eigenvalue weighted by Crippen LogP contribution is -2.25. The minimum absolute atomic E-state index is 0.0325. The summed E-state index contributed by atoms with van der Waals surface area (Å²) < 4.78 is 22.9. The van der Waals surface area contributed by atoms with Gasteiger partial charge in [0.25, 0.3) is 0 Å². The standard InChI is InChI=1S/C13H19N3O3S/c14-9-3-10(5-11(4-9)20(15,18)19)16-6-8-1-2-13(17)12(8)7-16/h3-5,8,12-13,17H,1-2,6-7,14H2,(H2,15,18,19). The fourth-order valence-electron chi connectivity index (χ4n) is 3.40. The Balaban J connectivity index is 1.90. The van der Waals surface area contributed by atoms with Gasteiger partial charge in [-0.25, -0.2) is 13.6 Å². The second-order valence-electron chi connectivity index (χ2n) is 5.78. The van der Waals surface area contributed by atoms with Gasteiger partial charge < -0.3 is 15.7 Å². The number of primary sulfonamides is 1. The van der Waals surface area contributed by atoms with Gasteiger partial charge in [-0.2, -0.15) is 0 Å². The first-order valence-corrected chi connectivity index (χ1v) is 8.25. The number of nitrogens with two attached hydrogens (primary N) is 2. The summed E-state index contributed by atoms with van der Waals surface area (Å²) in [4.78, 5) is 2.12. The molecule has 1 aromatic carbocycles. The second-order valence-corrected chi connectivity index (χ2v) is 7.34. The SMILES string of the molecule is Nc1cc(N2CC3CCC(O)C3C2)cc(S(N)(=O)=O)c1. The zero-order valence-electron chi connectivity index (χ0n) is 11.1. The van der Waals surface area contributed by atoms with Crippen LogP contribution in [0.4, 0.5) is 11.4 Å². The average Bonchev–Trinajstić information content (AvgIpc) is 2.90. The van der Waals surface area contributed by atoms with Gasteiger partial charge in [0.15, 0.2) is 0 Å². The Morgan fingerprint density at radius 2 is 1.95 bits per heavy atom. The molecule has 1 saturated carbocycles. The highest BCUT2D eigenvalue weighted by molar-refractivity contribution is 7.89. The largest absolute Gasteiger partial charge is 0.399 e. The van der Waals surface area contributed by atoms with Gasteiger partial charge in [-0.1, -0.05) is 0 Å². The molecule has 6 nitrogen and oxygen atoms in total. The van der Waals surface area contributed by atoms with Crippen molar-refractivity contribution in [3.8, 4) is 0 Å². The molecule has 1 aromatic rings. The Morgan fingerprint density at radius 3 is 2.60 bits per heavy atom. The van der Waals surface area contributed by atoms with Crippen LogP contribution in [0.2, 0.25) is 0 Å². The molecule has 0 amide bonds. The molecular weight excluding hydrogens is 278 g/mol. The van der Waals surface area contributed by atoms with E-state index < -0.39 is 10.0 Å². The second kappa shape index (κ2) is 4.61. The highest BCUT2D eigenvalue weighted by Crippen LogP contribution is 2.40. The number of rotatable bonds is 2. The molecule has 0 bridgehead atoms. The zero-order valence-corrected chi connectivity index (χ0v) is 11.9. The molecule has 0 spiro atoms. The van der Waals surface area contributed by atoms with E-state index in [1.54, 1.807) is 12.1 Å². The summed E-state index contributed by atoms with van der Waals surface area (Å²) >= 11 is 0. The molecule has 0 aromatic heterocycles. The van der Waals surface area contributed by atoms with Gasteiger partial charge in [-0.15, -0.1) is 0 Å². The summed E-state index contributed by atoms with van der Waals surface area (Å²) in [5, 5.41) is 15.1.